The van der Waals surface area contributed by atoms with Gasteiger partial charge >= 0.3 is 0 Å². The molecule has 0 saturated carbocycles. The van der Waals surface area contributed by atoms with Crippen molar-refractivity contribution >= 4 is 18.4 Å². The number of benzene rings is 1. The number of hydrogen-bond acceptors (Lipinski definition) is 4. The average Bonchev–Trinajstić information content (AvgIpc) is 2.64. The summed E-state index contributed by atoms with van der Waals surface area (Å²) in [7, 11) is -1.27. The van der Waals surface area contributed by atoms with Gasteiger partial charge < -0.3 is 0 Å². The normalized spacial score (nSPS) is 11.7. The molecule has 0 unspecified atom stereocenters. The third-order valence-electron chi connectivity index (χ3n) is 1.84. The highest BCUT2D eigenvalue weighted by atomic mass is 32.4. The van der Waals surface area contributed by atoms with E-state index in [9.17, 15) is 0 Å². The van der Waals surface area contributed by atoms with Gasteiger partial charge in [0.2, 0.25) is 5.16 Å². The maximum Gasteiger partial charge on any atom is 0.208 e. The molecule has 1 aromatic heterocycles. The molecule has 16 heavy (non-hydrogen) atoms. The molecule has 0 amide bonds. The second kappa shape index (κ2) is 4.38. The summed E-state index contributed by atoms with van der Waals surface area (Å²) in [5, 5.41) is 12.7. The SMILES string of the molecule is C[Si](C)(C)Sc1nnnn1-c1ccccc1. The maximum absolute atomic E-state index is 4.08. The summed E-state index contributed by atoms with van der Waals surface area (Å²) >= 11 is 1.79. The monoisotopic (exact) mass is 250 g/mol. The lowest BCUT2D eigenvalue weighted by Crippen LogP contribution is -2.15. The highest BCUT2D eigenvalue weighted by Gasteiger charge is 2.20. The van der Waals surface area contributed by atoms with Crippen molar-refractivity contribution in [1.29, 1.82) is 0 Å². The van der Waals surface area contributed by atoms with E-state index in [2.05, 4.69) is 35.2 Å². The zero-order valence-electron chi connectivity index (χ0n) is 9.58. The average molecular weight is 250 g/mol. The molecule has 0 fully saturated rings. The Morgan fingerprint density at radius 1 is 1.12 bits per heavy atom. The molecule has 1 aromatic carbocycles. The number of hydrogen-bond donors (Lipinski definition) is 0. The second-order valence-electron chi connectivity index (χ2n) is 4.42. The summed E-state index contributed by atoms with van der Waals surface area (Å²) in [4.78, 5) is 0. The Bertz CT molecular complexity index is 463. The fourth-order valence-electron chi connectivity index (χ4n) is 1.25. The van der Waals surface area contributed by atoms with Crippen LogP contribution >= 0.6 is 11.2 Å². The quantitative estimate of drug-likeness (QED) is 0.785. The summed E-state index contributed by atoms with van der Waals surface area (Å²) in [6, 6.07) is 9.97. The predicted octanol–water partition coefficient (Wildman–Crippen LogP) is 2.59. The zero-order valence-corrected chi connectivity index (χ0v) is 11.4. The molecule has 0 atom stereocenters. The van der Waals surface area contributed by atoms with Gasteiger partial charge in [-0.05, 0) is 22.6 Å². The zero-order chi connectivity index (χ0) is 11.6. The van der Waals surface area contributed by atoms with E-state index in [4.69, 9.17) is 0 Å². The highest BCUT2D eigenvalue weighted by Crippen LogP contribution is 2.27. The molecular weight excluding hydrogens is 236 g/mol. The van der Waals surface area contributed by atoms with Gasteiger partial charge in [0.15, 0.2) is 0 Å². The lowest BCUT2D eigenvalue weighted by atomic mass is 10.3. The largest absolute Gasteiger partial charge is 0.208 e. The van der Waals surface area contributed by atoms with Crippen LogP contribution in [-0.2, 0) is 0 Å². The first-order valence-corrected chi connectivity index (χ1v) is 10.1. The van der Waals surface area contributed by atoms with Crippen molar-refractivity contribution in [3.05, 3.63) is 30.3 Å². The van der Waals surface area contributed by atoms with Crippen LogP contribution in [0.15, 0.2) is 35.5 Å². The first kappa shape index (κ1) is 11.3. The molecule has 4 nitrogen and oxygen atoms in total. The Morgan fingerprint density at radius 2 is 1.81 bits per heavy atom. The molecule has 0 aliphatic rings. The van der Waals surface area contributed by atoms with Crippen LogP contribution in [0.3, 0.4) is 0 Å². The van der Waals surface area contributed by atoms with Crippen LogP contribution < -0.4 is 0 Å². The smallest absolute Gasteiger partial charge is 0.188 e. The van der Waals surface area contributed by atoms with Crippen molar-refractivity contribution in [1.82, 2.24) is 20.2 Å². The summed E-state index contributed by atoms with van der Waals surface area (Å²) in [5.74, 6) is 0. The Morgan fingerprint density at radius 3 is 2.44 bits per heavy atom. The van der Waals surface area contributed by atoms with Gasteiger partial charge in [-0.1, -0.05) is 37.8 Å². The highest BCUT2D eigenvalue weighted by molar-refractivity contribution is 8.28. The molecule has 0 N–H and O–H groups in total. The molecule has 0 bridgehead atoms. The summed E-state index contributed by atoms with van der Waals surface area (Å²) < 4.78 is 1.79. The first-order valence-electron chi connectivity index (χ1n) is 5.09. The molecule has 0 aliphatic carbocycles. The van der Waals surface area contributed by atoms with Crippen molar-refractivity contribution < 1.29 is 0 Å². The van der Waals surface area contributed by atoms with Crippen LogP contribution in [0.2, 0.25) is 19.6 Å². The molecule has 6 heteroatoms. The minimum absolute atomic E-state index is 0.880. The molecule has 0 spiro atoms. The molecule has 0 aliphatic heterocycles. The Hall–Kier alpha value is -1.14. The van der Waals surface area contributed by atoms with E-state index in [1.165, 1.54) is 0 Å². The molecular formula is C10H14N4SSi. The number of tetrazole rings is 1. The van der Waals surface area contributed by atoms with Gasteiger partial charge in [0.25, 0.3) is 0 Å². The first-order chi connectivity index (χ1) is 7.56. The minimum atomic E-state index is -1.27. The van der Waals surface area contributed by atoms with E-state index >= 15 is 0 Å². The van der Waals surface area contributed by atoms with Gasteiger partial charge in [-0.25, -0.2) is 0 Å². The van der Waals surface area contributed by atoms with Gasteiger partial charge in [0.05, 0.1) is 5.69 Å². The van der Waals surface area contributed by atoms with Crippen LogP contribution in [-0.4, -0.2) is 27.4 Å². The molecule has 1 heterocycles. The fraction of sp³-hybridized carbons (Fsp3) is 0.300. The van der Waals surface area contributed by atoms with Gasteiger partial charge in [-0.3, -0.25) is 0 Å². The van der Waals surface area contributed by atoms with Gasteiger partial charge in [0.1, 0.15) is 7.22 Å². The van der Waals surface area contributed by atoms with Gasteiger partial charge in [-0.2, -0.15) is 4.68 Å². The summed E-state index contributed by atoms with van der Waals surface area (Å²) in [6.45, 7) is 6.84. The van der Waals surface area contributed by atoms with Crippen molar-refractivity contribution in [2.45, 2.75) is 24.8 Å². The van der Waals surface area contributed by atoms with Crippen LogP contribution in [0.25, 0.3) is 5.69 Å². The van der Waals surface area contributed by atoms with Crippen molar-refractivity contribution in [3.8, 4) is 5.69 Å². The standard InChI is InChI=1S/C10H14N4SSi/c1-16(2,3)15-10-11-12-13-14(10)9-7-5-4-6-8-9/h4-8H,1-3H3. The molecule has 0 saturated heterocycles. The molecule has 84 valence electrons. The molecule has 2 aromatic rings. The Labute approximate surface area is 99.7 Å². The van der Waals surface area contributed by atoms with E-state index < -0.39 is 7.22 Å². The molecule has 0 radical (unpaired) electrons. The molecule has 2 rings (SSSR count). The minimum Gasteiger partial charge on any atom is -0.188 e. The van der Waals surface area contributed by atoms with E-state index in [1.54, 1.807) is 15.9 Å². The summed E-state index contributed by atoms with van der Waals surface area (Å²) in [6.07, 6.45) is 0. The topological polar surface area (TPSA) is 43.6 Å². The van der Waals surface area contributed by atoms with Crippen LogP contribution in [0, 0.1) is 0 Å². The van der Waals surface area contributed by atoms with Gasteiger partial charge in [0, 0.05) is 0 Å². The third-order valence-corrected chi connectivity index (χ3v) is 5.27. The Kier molecular flexibility index (Phi) is 3.11. The lowest BCUT2D eigenvalue weighted by Gasteiger charge is -2.13. The second-order valence-corrected chi connectivity index (χ2v) is 13.5. The van der Waals surface area contributed by atoms with E-state index in [0.29, 0.717) is 0 Å². The van der Waals surface area contributed by atoms with E-state index in [1.807, 2.05) is 30.3 Å². The van der Waals surface area contributed by atoms with Crippen LogP contribution in [0.4, 0.5) is 0 Å². The number of nitrogens with zero attached hydrogens (tertiary/aromatic N) is 4. The van der Waals surface area contributed by atoms with E-state index in [-0.39, 0.29) is 0 Å². The number of aromatic nitrogens is 4. The van der Waals surface area contributed by atoms with Crippen LogP contribution in [0.5, 0.6) is 0 Å². The van der Waals surface area contributed by atoms with Crippen molar-refractivity contribution in [2.24, 2.45) is 0 Å². The fourth-order valence-corrected chi connectivity index (χ4v) is 4.13. The van der Waals surface area contributed by atoms with Gasteiger partial charge in [-0.15, -0.1) is 16.3 Å². The lowest BCUT2D eigenvalue weighted by molar-refractivity contribution is 0.757. The van der Waals surface area contributed by atoms with Crippen molar-refractivity contribution in [2.75, 3.05) is 0 Å². The summed E-state index contributed by atoms with van der Waals surface area (Å²) in [5.41, 5.74) is 1.01. The third kappa shape index (κ3) is 2.70. The van der Waals surface area contributed by atoms with E-state index in [0.717, 1.165) is 10.8 Å². The van der Waals surface area contributed by atoms with Crippen LogP contribution in [0.1, 0.15) is 0 Å². The maximum atomic E-state index is 4.08. The Balaban J connectivity index is 2.33. The van der Waals surface area contributed by atoms with Crippen molar-refractivity contribution in [3.63, 3.8) is 0 Å². The number of rotatable bonds is 3. The predicted molar refractivity (Wildman–Crippen MR) is 68.4 cm³/mol. The number of para-hydroxylation sites is 1.